The summed E-state index contributed by atoms with van der Waals surface area (Å²) in [6.45, 7) is 6.39. The third kappa shape index (κ3) is 6.29. The van der Waals surface area contributed by atoms with Crippen LogP contribution in [0.1, 0.15) is 44.7 Å². The van der Waals surface area contributed by atoms with E-state index in [4.69, 9.17) is 10.9 Å². The van der Waals surface area contributed by atoms with E-state index in [1.165, 1.54) is 0 Å². The highest BCUT2D eigenvalue weighted by molar-refractivity contribution is 5.97. The van der Waals surface area contributed by atoms with E-state index in [1.807, 2.05) is 19.1 Å². The molecule has 0 spiro atoms. The summed E-state index contributed by atoms with van der Waals surface area (Å²) < 4.78 is 0. The summed E-state index contributed by atoms with van der Waals surface area (Å²) in [5.74, 6) is 0.728. The van der Waals surface area contributed by atoms with Crippen molar-refractivity contribution in [2.45, 2.75) is 46.1 Å². The topological polar surface area (TPSA) is 87.7 Å². The Kier molecular flexibility index (Phi) is 6.72. The Morgan fingerprint density at radius 1 is 1.24 bits per heavy atom. The molecule has 1 unspecified atom stereocenters. The van der Waals surface area contributed by atoms with Crippen LogP contribution in [0.15, 0.2) is 29.4 Å². The number of amidine groups is 1. The number of carbonyl (C=O) groups is 1. The quantitative estimate of drug-likeness (QED) is 0.312. The molecule has 0 radical (unpaired) electrons. The number of rotatable bonds is 7. The van der Waals surface area contributed by atoms with E-state index in [0.29, 0.717) is 17.9 Å². The van der Waals surface area contributed by atoms with Gasteiger partial charge in [-0.2, -0.15) is 0 Å². The molecule has 1 rings (SSSR count). The molecule has 0 aliphatic heterocycles. The van der Waals surface area contributed by atoms with E-state index in [1.54, 1.807) is 12.1 Å². The smallest absolute Gasteiger partial charge is 0.224 e. The summed E-state index contributed by atoms with van der Waals surface area (Å²) >= 11 is 0. The minimum atomic E-state index is 0.0165. The van der Waals surface area contributed by atoms with Crippen molar-refractivity contribution in [2.75, 3.05) is 0 Å². The van der Waals surface area contributed by atoms with E-state index >= 15 is 0 Å². The monoisotopic (exact) mass is 291 g/mol. The Hall–Kier alpha value is -2.04. The van der Waals surface area contributed by atoms with Crippen molar-refractivity contribution < 1.29 is 10.0 Å². The lowest BCUT2D eigenvalue weighted by Crippen LogP contribution is -2.33. The zero-order valence-electron chi connectivity index (χ0n) is 13.0. The third-order valence-electron chi connectivity index (χ3n) is 3.31. The lowest BCUT2D eigenvalue weighted by molar-refractivity contribution is -0.121. The van der Waals surface area contributed by atoms with Crippen LogP contribution < -0.4 is 11.1 Å². The minimum Gasteiger partial charge on any atom is -0.409 e. The molecule has 0 aromatic heterocycles. The number of oxime groups is 1. The standard InChI is InChI=1S/C16H25N3O2/c1-11(2)4-5-12(3)18-15(20)10-13-6-8-14(9-7-13)16(17)19-21/h6-9,11-12,21H,4-5,10H2,1-3H3,(H2,17,19)(H,18,20). The SMILES string of the molecule is CC(C)CCC(C)NC(=O)Cc1ccc(C(N)=NO)cc1. The first-order chi connectivity index (χ1) is 9.92. The van der Waals surface area contributed by atoms with Gasteiger partial charge < -0.3 is 16.3 Å². The van der Waals surface area contributed by atoms with Gasteiger partial charge in [-0.05, 0) is 31.2 Å². The molecule has 0 aliphatic rings. The largest absolute Gasteiger partial charge is 0.409 e. The molecule has 5 nitrogen and oxygen atoms in total. The summed E-state index contributed by atoms with van der Waals surface area (Å²) in [5.41, 5.74) is 7.02. The Balaban J connectivity index is 2.47. The van der Waals surface area contributed by atoms with Gasteiger partial charge in [0.2, 0.25) is 5.91 Å². The van der Waals surface area contributed by atoms with Gasteiger partial charge in [-0.1, -0.05) is 43.3 Å². The second kappa shape index (κ2) is 8.29. The molecule has 4 N–H and O–H groups in total. The molecule has 0 saturated heterocycles. The number of carbonyl (C=O) groups excluding carboxylic acids is 1. The van der Waals surface area contributed by atoms with Crippen molar-refractivity contribution in [1.82, 2.24) is 5.32 Å². The maximum atomic E-state index is 11.9. The Bertz CT molecular complexity index is 481. The molecular weight excluding hydrogens is 266 g/mol. The van der Waals surface area contributed by atoms with Gasteiger partial charge in [0, 0.05) is 11.6 Å². The second-order valence-corrected chi connectivity index (χ2v) is 5.80. The van der Waals surface area contributed by atoms with Crippen LogP contribution in [-0.4, -0.2) is 23.0 Å². The molecule has 1 amide bonds. The van der Waals surface area contributed by atoms with Gasteiger partial charge in [-0.25, -0.2) is 0 Å². The van der Waals surface area contributed by atoms with Crippen molar-refractivity contribution in [3.05, 3.63) is 35.4 Å². The molecule has 0 saturated carbocycles. The van der Waals surface area contributed by atoms with Crippen molar-refractivity contribution >= 4 is 11.7 Å². The lowest BCUT2D eigenvalue weighted by atomic mass is 10.0. The van der Waals surface area contributed by atoms with Gasteiger partial charge in [-0.15, -0.1) is 0 Å². The van der Waals surface area contributed by atoms with E-state index in [9.17, 15) is 4.79 Å². The van der Waals surface area contributed by atoms with Crippen molar-refractivity contribution in [2.24, 2.45) is 16.8 Å². The predicted molar refractivity (Wildman–Crippen MR) is 84.3 cm³/mol. The van der Waals surface area contributed by atoms with E-state index in [2.05, 4.69) is 24.3 Å². The first-order valence-electron chi connectivity index (χ1n) is 7.28. The first kappa shape index (κ1) is 17.0. The van der Waals surface area contributed by atoms with Gasteiger partial charge in [0.25, 0.3) is 0 Å². The van der Waals surface area contributed by atoms with Crippen molar-refractivity contribution in [1.29, 1.82) is 0 Å². The zero-order valence-corrected chi connectivity index (χ0v) is 13.0. The number of nitrogens with one attached hydrogen (secondary N) is 1. The van der Waals surface area contributed by atoms with Crippen LogP contribution >= 0.6 is 0 Å². The number of hydrogen-bond donors (Lipinski definition) is 3. The molecule has 0 bridgehead atoms. The van der Waals surface area contributed by atoms with Gasteiger partial charge in [0.05, 0.1) is 6.42 Å². The van der Waals surface area contributed by atoms with Gasteiger partial charge >= 0.3 is 0 Å². The fraction of sp³-hybridized carbons (Fsp3) is 0.500. The lowest BCUT2D eigenvalue weighted by Gasteiger charge is -2.15. The Morgan fingerprint density at radius 2 is 1.86 bits per heavy atom. The van der Waals surface area contributed by atoms with Gasteiger partial charge in [0.15, 0.2) is 5.84 Å². The maximum absolute atomic E-state index is 11.9. The maximum Gasteiger partial charge on any atom is 0.224 e. The molecule has 1 atom stereocenters. The molecule has 116 valence electrons. The van der Waals surface area contributed by atoms with Crippen LogP contribution in [0.2, 0.25) is 0 Å². The van der Waals surface area contributed by atoms with E-state index < -0.39 is 0 Å². The number of nitrogens with two attached hydrogens (primary N) is 1. The number of amides is 1. The van der Waals surface area contributed by atoms with Crippen molar-refractivity contribution in [3.8, 4) is 0 Å². The van der Waals surface area contributed by atoms with Crippen LogP contribution in [0.25, 0.3) is 0 Å². The van der Waals surface area contributed by atoms with Crippen molar-refractivity contribution in [3.63, 3.8) is 0 Å². The normalized spacial score (nSPS) is 13.2. The number of hydrogen-bond acceptors (Lipinski definition) is 3. The molecule has 1 aromatic rings. The number of nitrogens with zero attached hydrogens (tertiary/aromatic N) is 1. The van der Waals surface area contributed by atoms with Crippen LogP contribution in [0.4, 0.5) is 0 Å². The summed E-state index contributed by atoms with van der Waals surface area (Å²) in [5, 5.41) is 14.5. The fourth-order valence-electron chi connectivity index (χ4n) is 2.02. The highest BCUT2D eigenvalue weighted by Crippen LogP contribution is 2.08. The number of benzene rings is 1. The van der Waals surface area contributed by atoms with Gasteiger partial charge in [0.1, 0.15) is 0 Å². The average molecular weight is 291 g/mol. The summed E-state index contributed by atoms with van der Waals surface area (Å²) in [7, 11) is 0. The van der Waals surface area contributed by atoms with Crippen LogP contribution in [0.3, 0.4) is 0 Å². The summed E-state index contributed by atoms with van der Waals surface area (Å²) in [6, 6.07) is 7.29. The molecule has 1 aromatic carbocycles. The predicted octanol–water partition coefficient (Wildman–Crippen LogP) is 2.26. The van der Waals surface area contributed by atoms with Crippen LogP contribution in [-0.2, 0) is 11.2 Å². The second-order valence-electron chi connectivity index (χ2n) is 5.80. The van der Waals surface area contributed by atoms with Gasteiger partial charge in [-0.3, -0.25) is 4.79 Å². The molecule has 5 heteroatoms. The van der Waals surface area contributed by atoms with Crippen LogP contribution in [0.5, 0.6) is 0 Å². The Morgan fingerprint density at radius 3 is 2.38 bits per heavy atom. The first-order valence-corrected chi connectivity index (χ1v) is 7.28. The average Bonchev–Trinajstić information content (AvgIpc) is 2.45. The van der Waals surface area contributed by atoms with Crippen LogP contribution in [0, 0.1) is 5.92 Å². The highest BCUT2D eigenvalue weighted by atomic mass is 16.4. The molecule has 21 heavy (non-hydrogen) atoms. The minimum absolute atomic E-state index is 0.0165. The molecule has 0 heterocycles. The molecular formula is C16H25N3O2. The third-order valence-corrected chi connectivity index (χ3v) is 3.31. The zero-order chi connectivity index (χ0) is 15.8. The summed E-state index contributed by atoms with van der Waals surface area (Å²) in [6.07, 6.45) is 2.43. The fourth-order valence-corrected chi connectivity index (χ4v) is 2.02. The van der Waals surface area contributed by atoms with E-state index in [-0.39, 0.29) is 17.8 Å². The Labute approximate surface area is 126 Å². The molecule has 0 aliphatic carbocycles. The van der Waals surface area contributed by atoms with E-state index in [0.717, 1.165) is 18.4 Å². The molecule has 0 fully saturated rings. The summed E-state index contributed by atoms with van der Waals surface area (Å²) in [4.78, 5) is 11.9. The highest BCUT2D eigenvalue weighted by Gasteiger charge is 2.09.